The molecule has 82 valence electrons. The molecule has 0 radical (unpaired) electrons. The number of nitrogens with zero attached hydrogens (tertiary/aromatic N) is 1. The van der Waals surface area contributed by atoms with Gasteiger partial charge in [-0.3, -0.25) is 0 Å². The van der Waals surface area contributed by atoms with Gasteiger partial charge in [0, 0.05) is 17.3 Å². The van der Waals surface area contributed by atoms with Gasteiger partial charge in [-0.25, -0.2) is 13.8 Å². The predicted octanol–water partition coefficient (Wildman–Crippen LogP) is 3.27. The first kappa shape index (κ1) is 10.5. The monoisotopic (exact) mass is 220 g/mol. The van der Waals surface area contributed by atoms with Gasteiger partial charge in [0.2, 0.25) is 0 Å². The second kappa shape index (κ2) is 4.26. The number of halogens is 2. The van der Waals surface area contributed by atoms with E-state index >= 15 is 0 Å². The van der Waals surface area contributed by atoms with E-state index in [9.17, 15) is 8.78 Å². The Kier molecular flexibility index (Phi) is 2.81. The van der Waals surface area contributed by atoms with Gasteiger partial charge in [0.25, 0.3) is 6.43 Å². The maximum absolute atomic E-state index is 12.5. The number of nitrogens with two attached hydrogens (primary N) is 1. The van der Waals surface area contributed by atoms with Crippen LogP contribution in [0.1, 0.15) is 12.0 Å². The van der Waals surface area contributed by atoms with Crippen LogP contribution in [0.15, 0.2) is 42.6 Å². The summed E-state index contributed by atoms with van der Waals surface area (Å²) in [7, 11) is 0. The van der Waals surface area contributed by atoms with Gasteiger partial charge in [0.1, 0.15) is 5.82 Å². The minimum Gasteiger partial charge on any atom is -0.384 e. The number of alkyl halides is 2. The first-order valence-electron chi connectivity index (χ1n) is 4.77. The molecule has 0 aliphatic rings. The van der Waals surface area contributed by atoms with E-state index in [1.807, 2.05) is 0 Å². The Morgan fingerprint density at radius 1 is 1.06 bits per heavy atom. The molecule has 0 aliphatic heterocycles. The predicted molar refractivity (Wildman–Crippen MR) is 59.0 cm³/mol. The molecule has 0 spiro atoms. The smallest absolute Gasteiger partial charge is 0.263 e. The lowest BCUT2D eigenvalue weighted by Gasteiger charge is -2.04. The van der Waals surface area contributed by atoms with Crippen molar-refractivity contribution in [2.24, 2.45) is 0 Å². The summed E-state index contributed by atoms with van der Waals surface area (Å²) in [6, 6.07) is 9.63. The van der Waals surface area contributed by atoms with Gasteiger partial charge in [-0.15, -0.1) is 0 Å². The zero-order valence-corrected chi connectivity index (χ0v) is 8.40. The lowest BCUT2D eigenvalue weighted by Crippen LogP contribution is -1.90. The fraction of sp³-hybridized carbons (Fsp3) is 0.0833. The highest BCUT2D eigenvalue weighted by Crippen LogP contribution is 2.25. The molecule has 0 atom stereocenters. The van der Waals surface area contributed by atoms with Crippen LogP contribution in [0.25, 0.3) is 11.1 Å². The topological polar surface area (TPSA) is 38.9 Å². The van der Waals surface area contributed by atoms with Gasteiger partial charge in [0.15, 0.2) is 0 Å². The first-order chi connectivity index (χ1) is 7.66. The van der Waals surface area contributed by atoms with E-state index < -0.39 is 6.43 Å². The van der Waals surface area contributed by atoms with Gasteiger partial charge >= 0.3 is 0 Å². The molecule has 2 aromatic rings. The normalized spacial score (nSPS) is 10.7. The number of hydrogen-bond donors (Lipinski definition) is 1. The van der Waals surface area contributed by atoms with Crippen LogP contribution < -0.4 is 5.73 Å². The van der Waals surface area contributed by atoms with Crippen molar-refractivity contribution in [1.29, 1.82) is 0 Å². The molecular weight excluding hydrogens is 210 g/mol. The van der Waals surface area contributed by atoms with Crippen molar-refractivity contribution in [2.75, 3.05) is 5.73 Å². The summed E-state index contributed by atoms with van der Waals surface area (Å²) in [6.07, 6.45) is -0.887. The lowest BCUT2D eigenvalue weighted by molar-refractivity contribution is 0.151. The summed E-state index contributed by atoms with van der Waals surface area (Å²) in [5, 5.41) is 0. The summed E-state index contributed by atoms with van der Waals surface area (Å²) in [5.41, 5.74) is 6.95. The minimum absolute atomic E-state index is 0.00863. The molecule has 0 aliphatic carbocycles. The Balaban J connectivity index is 2.40. The van der Waals surface area contributed by atoms with Gasteiger partial charge in [0.05, 0.1) is 0 Å². The third-order valence-electron chi connectivity index (χ3n) is 2.26. The summed E-state index contributed by atoms with van der Waals surface area (Å²) in [5.74, 6) is 0.411. The quantitative estimate of drug-likeness (QED) is 0.843. The second-order valence-corrected chi connectivity index (χ2v) is 3.40. The maximum Gasteiger partial charge on any atom is 0.263 e. The molecule has 2 N–H and O–H groups in total. The molecule has 1 aromatic heterocycles. The Bertz CT molecular complexity index is 481. The molecule has 2 rings (SSSR count). The fourth-order valence-corrected chi connectivity index (χ4v) is 1.43. The van der Waals surface area contributed by atoms with Crippen LogP contribution in [0.2, 0.25) is 0 Å². The molecule has 1 aromatic carbocycles. The van der Waals surface area contributed by atoms with E-state index in [0.717, 1.165) is 5.56 Å². The number of nitrogen functional groups attached to an aromatic ring is 1. The highest BCUT2D eigenvalue weighted by molar-refractivity contribution is 5.64. The number of anilines is 1. The van der Waals surface area contributed by atoms with Crippen molar-refractivity contribution >= 4 is 5.82 Å². The van der Waals surface area contributed by atoms with Gasteiger partial charge < -0.3 is 5.73 Å². The Labute approximate surface area is 91.7 Å². The van der Waals surface area contributed by atoms with Crippen LogP contribution >= 0.6 is 0 Å². The zero-order valence-electron chi connectivity index (χ0n) is 8.40. The van der Waals surface area contributed by atoms with Crippen LogP contribution in [-0.4, -0.2) is 4.98 Å². The Morgan fingerprint density at radius 2 is 1.88 bits per heavy atom. The van der Waals surface area contributed by atoms with Crippen LogP contribution in [0.5, 0.6) is 0 Å². The third kappa shape index (κ3) is 2.16. The van der Waals surface area contributed by atoms with E-state index in [4.69, 9.17) is 5.73 Å². The van der Waals surface area contributed by atoms with Crippen LogP contribution in [0.4, 0.5) is 14.6 Å². The SMILES string of the molecule is Nc1ccc(-c2cccc(C(F)F)c2)cn1. The van der Waals surface area contributed by atoms with Crippen molar-refractivity contribution < 1.29 is 8.78 Å². The van der Waals surface area contributed by atoms with E-state index in [-0.39, 0.29) is 5.56 Å². The summed E-state index contributed by atoms with van der Waals surface area (Å²) >= 11 is 0. The largest absolute Gasteiger partial charge is 0.384 e. The summed E-state index contributed by atoms with van der Waals surface area (Å²) in [6.45, 7) is 0. The van der Waals surface area contributed by atoms with Crippen molar-refractivity contribution in [1.82, 2.24) is 4.98 Å². The zero-order chi connectivity index (χ0) is 11.5. The van der Waals surface area contributed by atoms with E-state index in [0.29, 0.717) is 11.4 Å². The number of aromatic nitrogens is 1. The number of pyridine rings is 1. The van der Waals surface area contributed by atoms with Crippen molar-refractivity contribution in [3.8, 4) is 11.1 Å². The van der Waals surface area contributed by atoms with Gasteiger partial charge in [-0.05, 0) is 23.8 Å². The molecule has 0 fully saturated rings. The number of hydrogen-bond acceptors (Lipinski definition) is 2. The molecule has 0 saturated heterocycles. The lowest BCUT2D eigenvalue weighted by atomic mass is 10.1. The standard InChI is InChI=1S/C12H10F2N2/c13-12(14)9-3-1-2-8(6-9)10-4-5-11(15)16-7-10/h1-7,12H,(H2,15,16). The van der Waals surface area contributed by atoms with E-state index in [1.54, 1.807) is 30.5 Å². The molecule has 4 heteroatoms. The first-order valence-corrected chi connectivity index (χ1v) is 4.77. The van der Waals surface area contributed by atoms with Crippen molar-refractivity contribution in [2.45, 2.75) is 6.43 Å². The van der Waals surface area contributed by atoms with E-state index in [2.05, 4.69) is 4.98 Å². The van der Waals surface area contributed by atoms with Crippen LogP contribution in [0.3, 0.4) is 0 Å². The summed E-state index contributed by atoms with van der Waals surface area (Å²) in [4.78, 5) is 3.92. The Hall–Kier alpha value is -1.97. The fourth-order valence-electron chi connectivity index (χ4n) is 1.43. The van der Waals surface area contributed by atoms with Gasteiger partial charge in [-0.2, -0.15) is 0 Å². The second-order valence-electron chi connectivity index (χ2n) is 3.40. The molecule has 2 nitrogen and oxygen atoms in total. The highest BCUT2D eigenvalue weighted by Gasteiger charge is 2.07. The molecule has 16 heavy (non-hydrogen) atoms. The highest BCUT2D eigenvalue weighted by atomic mass is 19.3. The van der Waals surface area contributed by atoms with Crippen molar-refractivity contribution in [3.63, 3.8) is 0 Å². The third-order valence-corrected chi connectivity index (χ3v) is 2.26. The molecule has 1 heterocycles. The van der Waals surface area contributed by atoms with Gasteiger partial charge in [-0.1, -0.05) is 18.2 Å². The average Bonchev–Trinajstić information content (AvgIpc) is 2.30. The van der Waals surface area contributed by atoms with Crippen LogP contribution in [0, 0.1) is 0 Å². The molecule has 0 unspecified atom stereocenters. The number of benzene rings is 1. The Morgan fingerprint density at radius 3 is 2.50 bits per heavy atom. The van der Waals surface area contributed by atoms with E-state index in [1.165, 1.54) is 12.1 Å². The van der Waals surface area contributed by atoms with Crippen molar-refractivity contribution in [3.05, 3.63) is 48.2 Å². The average molecular weight is 220 g/mol. The summed E-state index contributed by atoms with van der Waals surface area (Å²) < 4.78 is 25.0. The van der Waals surface area contributed by atoms with Crippen LogP contribution in [-0.2, 0) is 0 Å². The molecule has 0 bridgehead atoms. The molecule has 0 saturated carbocycles. The minimum atomic E-state index is -2.46. The molecular formula is C12H10F2N2. The molecule has 0 amide bonds. The number of rotatable bonds is 2. The maximum atomic E-state index is 12.5.